The number of nitro benzene ring substituents is 1. The van der Waals surface area contributed by atoms with Gasteiger partial charge in [0.1, 0.15) is 0 Å². The molecule has 0 spiro atoms. The van der Waals surface area contributed by atoms with Gasteiger partial charge in [-0.1, -0.05) is 0 Å². The minimum atomic E-state index is -0.775. The van der Waals surface area contributed by atoms with Gasteiger partial charge in [0.05, 0.1) is 4.92 Å². The van der Waals surface area contributed by atoms with E-state index in [-0.39, 0.29) is 6.15 Å². The average Bonchev–Trinajstić information content (AvgIpc) is 2.12. The van der Waals surface area contributed by atoms with Gasteiger partial charge in [-0.2, -0.15) is 14.0 Å². The molecule has 0 aliphatic carbocycles. The van der Waals surface area contributed by atoms with Crippen LogP contribution >= 0.6 is 0 Å². The van der Waals surface area contributed by atoms with Gasteiger partial charge in [0.25, 0.3) is 0 Å². The normalized spacial score (nSPS) is 8.47. The van der Waals surface area contributed by atoms with E-state index in [1.54, 1.807) is 13.8 Å². The van der Waals surface area contributed by atoms with Gasteiger partial charge in [0.2, 0.25) is 5.82 Å². The zero-order valence-corrected chi connectivity index (χ0v) is 8.11. The largest absolute Gasteiger partial charge is 0.373 e. The summed E-state index contributed by atoms with van der Waals surface area (Å²) in [5, 5.41) is 10.3. The number of rotatable bonds is 1. The number of carbonyl (C=O) groups excluding carboxylic acids is 2. The molecule has 0 amide bonds. The van der Waals surface area contributed by atoms with Crippen molar-refractivity contribution in [2.75, 3.05) is 0 Å². The second-order valence-electron chi connectivity index (χ2n) is 2.73. The molecule has 0 saturated heterocycles. The van der Waals surface area contributed by atoms with E-state index in [0.29, 0.717) is 0 Å². The Kier molecular flexibility index (Phi) is 4.84. The van der Waals surface area contributed by atoms with Crippen molar-refractivity contribution in [3.8, 4) is 0 Å². The van der Waals surface area contributed by atoms with Crippen molar-refractivity contribution in [3.05, 3.63) is 39.2 Å². The van der Waals surface area contributed by atoms with Gasteiger partial charge in [-0.05, 0) is 31.0 Å². The molecule has 0 bridgehead atoms. The van der Waals surface area contributed by atoms with Crippen LogP contribution in [0.2, 0.25) is 0 Å². The monoisotopic (exact) mass is 213 g/mol. The third-order valence-electron chi connectivity index (χ3n) is 1.76. The van der Waals surface area contributed by atoms with Crippen LogP contribution in [0, 0.1) is 29.8 Å². The zero-order chi connectivity index (χ0) is 12.0. The number of aryl methyl sites for hydroxylation is 2. The van der Waals surface area contributed by atoms with E-state index >= 15 is 0 Å². The smallest absolute Gasteiger partial charge is 0.258 e. The van der Waals surface area contributed by atoms with Crippen molar-refractivity contribution in [1.82, 2.24) is 0 Å². The summed E-state index contributed by atoms with van der Waals surface area (Å²) in [7, 11) is 0. The molecule has 0 aliphatic heterocycles. The Morgan fingerprint density at radius 1 is 1.27 bits per heavy atom. The lowest BCUT2D eigenvalue weighted by atomic mass is 10.1. The molecule has 0 N–H and O–H groups in total. The molecule has 15 heavy (non-hydrogen) atoms. The first kappa shape index (κ1) is 12.9. The van der Waals surface area contributed by atoms with Crippen molar-refractivity contribution in [3.63, 3.8) is 0 Å². The number of hydrogen-bond donors (Lipinski definition) is 0. The summed E-state index contributed by atoms with van der Waals surface area (Å²) in [6, 6.07) is 2.41. The molecule has 1 rings (SSSR count). The first-order valence-electron chi connectivity index (χ1n) is 3.84. The first-order valence-corrected chi connectivity index (χ1v) is 3.84. The topological polar surface area (TPSA) is 77.3 Å². The minimum absolute atomic E-state index is 0.250. The molecule has 1 aromatic carbocycles. The predicted molar refractivity (Wildman–Crippen MR) is 47.5 cm³/mol. The predicted octanol–water partition coefficient (Wildman–Crippen LogP) is 1.77. The highest BCUT2D eigenvalue weighted by molar-refractivity contribution is 5.39. The highest BCUT2D eigenvalue weighted by Gasteiger charge is 2.14. The zero-order valence-electron chi connectivity index (χ0n) is 8.11. The second kappa shape index (κ2) is 5.62. The van der Waals surface area contributed by atoms with Gasteiger partial charge < -0.3 is 0 Å². The number of nitro groups is 1. The Bertz CT molecular complexity index is 411. The Balaban J connectivity index is 0.000000583. The lowest BCUT2D eigenvalue weighted by Gasteiger charge is -1.99. The van der Waals surface area contributed by atoms with Crippen molar-refractivity contribution in [1.29, 1.82) is 0 Å². The third kappa shape index (κ3) is 3.66. The van der Waals surface area contributed by atoms with E-state index in [4.69, 9.17) is 9.59 Å². The molecule has 0 heterocycles. The molecule has 0 unspecified atom stereocenters. The van der Waals surface area contributed by atoms with Crippen molar-refractivity contribution >= 4 is 11.8 Å². The standard InChI is InChI=1S/C8H8FNO2.CO2/c1-5-3-7(9)8(10(11)12)4-6(5)2;2-1-3/h3-4H,1-2H3;. The Hall–Kier alpha value is -2.07. The van der Waals surface area contributed by atoms with Crippen molar-refractivity contribution in [2.24, 2.45) is 0 Å². The second-order valence-corrected chi connectivity index (χ2v) is 2.73. The highest BCUT2D eigenvalue weighted by atomic mass is 19.1. The molecule has 0 fully saturated rings. The van der Waals surface area contributed by atoms with Crippen LogP contribution in [-0.4, -0.2) is 11.1 Å². The van der Waals surface area contributed by atoms with Crippen LogP contribution in [0.15, 0.2) is 12.1 Å². The number of hydrogen-bond acceptors (Lipinski definition) is 4. The molecule has 80 valence electrons. The highest BCUT2D eigenvalue weighted by Crippen LogP contribution is 2.20. The summed E-state index contributed by atoms with van der Waals surface area (Å²) >= 11 is 0. The molecule has 1 aromatic rings. The van der Waals surface area contributed by atoms with Gasteiger partial charge in [0, 0.05) is 6.07 Å². The summed E-state index contributed by atoms with van der Waals surface area (Å²) in [5.41, 5.74) is 0.985. The Morgan fingerprint density at radius 2 is 1.67 bits per heavy atom. The quantitative estimate of drug-likeness (QED) is 0.526. The maximum Gasteiger partial charge on any atom is 0.373 e. The van der Waals surface area contributed by atoms with Gasteiger partial charge >= 0.3 is 11.8 Å². The van der Waals surface area contributed by atoms with Crippen LogP contribution in [0.4, 0.5) is 10.1 Å². The van der Waals surface area contributed by atoms with Gasteiger partial charge in [-0.15, -0.1) is 0 Å². The van der Waals surface area contributed by atoms with E-state index in [1.807, 2.05) is 0 Å². The summed E-state index contributed by atoms with van der Waals surface area (Å²) in [6.45, 7) is 3.42. The van der Waals surface area contributed by atoms with Crippen LogP contribution in [0.25, 0.3) is 0 Å². The van der Waals surface area contributed by atoms with Gasteiger partial charge in [-0.3, -0.25) is 10.1 Å². The van der Waals surface area contributed by atoms with E-state index < -0.39 is 16.4 Å². The lowest BCUT2D eigenvalue weighted by Crippen LogP contribution is -1.94. The van der Waals surface area contributed by atoms with Crippen molar-refractivity contribution in [2.45, 2.75) is 13.8 Å². The fraction of sp³-hybridized carbons (Fsp3) is 0.222. The minimum Gasteiger partial charge on any atom is -0.258 e. The molecule has 0 aliphatic rings. The van der Waals surface area contributed by atoms with Crippen LogP contribution in [0.5, 0.6) is 0 Å². The fourth-order valence-electron chi connectivity index (χ4n) is 0.906. The van der Waals surface area contributed by atoms with E-state index in [1.165, 1.54) is 12.1 Å². The molecule has 0 atom stereocenters. The number of nitrogens with zero attached hydrogens (tertiary/aromatic N) is 1. The van der Waals surface area contributed by atoms with Crippen LogP contribution < -0.4 is 0 Å². The lowest BCUT2D eigenvalue weighted by molar-refractivity contribution is -0.387. The van der Waals surface area contributed by atoms with E-state index in [0.717, 1.165) is 11.1 Å². The van der Waals surface area contributed by atoms with E-state index in [9.17, 15) is 14.5 Å². The maximum absolute atomic E-state index is 12.8. The Labute approximate surface area is 84.7 Å². The summed E-state index contributed by atoms with van der Waals surface area (Å²) in [5.74, 6) is -0.775. The van der Waals surface area contributed by atoms with Crippen LogP contribution in [0.3, 0.4) is 0 Å². The third-order valence-corrected chi connectivity index (χ3v) is 1.76. The Morgan fingerprint density at radius 3 is 2.07 bits per heavy atom. The fourth-order valence-corrected chi connectivity index (χ4v) is 0.906. The molecule has 5 nitrogen and oxygen atoms in total. The number of benzene rings is 1. The number of halogens is 1. The van der Waals surface area contributed by atoms with Crippen LogP contribution in [0.1, 0.15) is 11.1 Å². The molecular weight excluding hydrogens is 205 g/mol. The average molecular weight is 213 g/mol. The first-order chi connectivity index (χ1) is 6.93. The van der Waals surface area contributed by atoms with E-state index in [2.05, 4.69) is 0 Å². The molecule has 6 heteroatoms. The van der Waals surface area contributed by atoms with Crippen molar-refractivity contribution < 1.29 is 18.9 Å². The van der Waals surface area contributed by atoms with Crippen LogP contribution in [-0.2, 0) is 9.59 Å². The summed E-state index contributed by atoms with van der Waals surface area (Å²) in [4.78, 5) is 25.8. The van der Waals surface area contributed by atoms with Gasteiger partial charge in [0.15, 0.2) is 0 Å². The SMILES string of the molecule is Cc1cc(F)c([N+](=O)[O-])cc1C.O=C=O. The molecule has 0 aromatic heterocycles. The van der Waals surface area contributed by atoms with Gasteiger partial charge in [-0.25, -0.2) is 0 Å². The molecule has 0 radical (unpaired) electrons. The summed E-state index contributed by atoms with van der Waals surface area (Å²) in [6.07, 6.45) is 0.250. The molecular formula is C9H8FNO4. The molecule has 0 saturated carbocycles. The maximum atomic E-state index is 12.8. The summed E-state index contributed by atoms with van der Waals surface area (Å²) < 4.78 is 12.8.